The molecular weight excluding hydrogens is 463 g/mol. The summed E-state index contributed by atoms with van der Waals surface area (Å²) in [7, 11) is 0. The summed E-state index contributed by atoms with van der Waals surface area (Å²) in [4.78, 5) is 25.4. The van der Waals surface area contributed by atoms with E-state index in [1.165, 1.54) is 28.8 Å². The number of phenolic OH excluding ortho intramolecular Hbond substituents is 2. The summed E-state index contributed by atoms with van der Waals surface area (Å²) in [6.07, 6.45) is -4.51. The third kappa shape index (κ3) is 4.44. The summed E-state index contributed by atoms with van der Waals surface area (Å²) in [6.45, 7) is 2.56. The van der Waals surface area contributed by atoms with Crippen LogP contribution in [0.15, 0.2) is 60.7 Å². The van der Waals surface area contributed by atoms with Gasteiger partial charge in [-0.1, -0.05) is 30.3 Å². The van der Waals surface area contributed by atoms with Gasteiger partial charge in [-0.15, -0.1) is 0 Å². The summed E-state index contributed by atoms with van der Waals surface area (Å²) in [6, 6.07) is 13.7. The number of fused-ring (bicyclic) bond motifs is 1. The van der Waals surface area contributed by atoms with Crippen LogP contribution >= 0.6 is 0 Å². The number of carbonyl (C=O) groups is 2. The van der Waals surface area contributed by atoms with Crippen molar-refractivity contribution in [1.82, 2.24) is 4.57 Å². The first kappa shape index (κ1) is 23.9. The average Bonchev–Trinajstić information content (AvgIpc) is 3.13. The number of alkyl halides is 3. The number of rotatable bonds is 5. The molecule has 3 aromatic carbocycles. The zero-order valence-electron chi connectivity index (χ0n) is 18.7. The predicted octanol–water partition coefficient (Wildman–Crippen LogP) is 5.72. The lowest BCUT2D eigenvalue weighted by Gasteiger charge is -2.13. The van der Waals surface area contributed by atoms with E-state index in [2.05, 4.69) is 0 Å². The summed E-state index contributed by atoms with van der Waals surface area (Å²) < 4.78 is 46.0. The molecule has 0 aliphatic heterocycles. The first-order valence-electron chi connectivity index (χ1n) is 10.5. The molecule has 0 unspecified atom stereocenters. The van der Waals surface area contributed by atoms with Crippen molar-refractivity contribution < 1.29 is 37.7 Å². The van der Waals surface area contributed by atoms with E-state index >= 15 is 0 Å². The molecule has 0 bridgehead atoms. The number of esters is 1. The van der Waals surface area contributed by atoms with Crippen molar-refractivity contribution in [2.24, 2.45) is 0 Å². The molecule has 0 radical (unpaired) electrons. The van der Waals surface area contributed by atoms with Crippen LogP contribution in [-0.2, 0) is 10.9 Å². The average molecular weight is 483 g/mol. The Morgan fingerprint density at radius 3 is 2.29 bits per heavy atom. The van der Waals surface area contributed by atoms with Gasteiger partial charge in [-0.3, -0.25) is 4.79 Å². The molecule has 9 heteroatoms. The highest BCUT2D eigenvalue weighted by Crippen LogP contribution is 2.36. The highest BCUT2D eigenvalue weighted by atomic mass is 19.4. The molecule has 0 atom stereocenters. The van der Waals surface area contributed by atoms with Crippen LogP contribution in [0.25, 0.3) is 16.5 Å². The van der Waals surface area contributed by atoms with Gasteiger partial charge in [0.1, 0.15) is 17.1 Å². The maximum Gasteiger partial charge on any atom is 0.416 e. The third-order valence-electron chi connectivity index (χ3n) is 5.71. The van der Waals surface area contributed by atoms with Crippen molar-refractivity contribution in [3.05, 3.63) is 88.7 Å². The highest BCUT2D eigenvalue weighted by molar-refractivity contribution is 6.05. The van der Waals surface area contributed by atoms with Gasteiger partial charge < -0.3 is 19.5 Å². The lowest BCUT2D eigenvalue weighted by Crippen LogP contribution is -2.15. The van der Waals surface area contributed by atoms with Crippen LogP contribution in [0, 0.1) is 13.8 Å². The molecule has 35 heavy (non-hydrogen) atoms. The van der Waals surface area contributed by atoms with E-state index in [4.69, 9.17) is 4.74 Å². The van der Waals surface area contributed by atoms with Gasteiger partial charge in [0.25, 0.3) is 0 Å². The van der Waals surface area contributed by atoms with Crippen LogP contribution < -0.4 is 0 Å². The molecule has 0 saturated carbocycles. The Labute approximate surface area is 197 Å². The Morgan fingerprint density at radius 1 is 0.914 bits per heavy atom. The Balaban J connectivity index is 1.57. The Hall–Kier alpha value is -4.27. The van der Waals surface area contributed by atoms with Gasteiger partial charge in [0, 0.05) is 33.4 Å². The van der Waals surface area contributed by atoms with Gasteiger partial charge in [0.05, 0.1) is 5.56 Å². The normalized spacial score (nSPS) is 11.6. The van der Waals surface area contributed by atoms with E-state index in [0.717, 1.165) is 18.2 Å². The molecule has 1 aromatic heterocycles. The second kappa shape index (κ2) is 8.83. The zero-order chi connectivity index (χ0) is 25.5. The number of ether oxygens (including phenoxy) is 1. The van der Waals surface area contributed by atoms with Crippen LogP contribution in [0.1, 0.15) is 37.7 Å². The number of benzene rings is 3. The number of aromatic nitrogens is 1. The number of hydrogen-bond donors (Lipinski definition) is 2. The van der Waals surface area contributed by atoms with Crippen LogP contribution in [0.5, 0.6) is 11.5 Å². The lowest BCUT2D eigenvalue weighted by atomic mass is 10.0. The monoisotopic (exact) mass is 483 g/mol. The van der Waals surface area contributed by atoms with Gasteiger partial charge in [0.15, 0.2) is 6.61 Å². The minimum atomic E-state index is -4.51. The summed E-state index contributed by atoms with van der Waals surface area (Å²) in [5.41, 5.74) is 0.203. The number of Topliss-reactive ketones (excluding diaryl/α,β-unsaturated/α-hetero) is 1. The fraction of sp³-hybridized carbons (Fsp3) is 0.154. The highest BCUT2D eigenvalue weighted by Gasteiger charge is 2.31. The summed E-state index contributed by atoms with van der Waals surface area (Å²) in [5, 5.41) is 21.2. The minimum Gasteiger partial charge on any atom is -0.507 e. The lowest BCUT2D eigenvalue weighted by molar-refractivity contribution is -0.137. The molecule has 4 rings (SSSR count). The first-order chi connectivity index (χ1) is 16.5. The summed E-state index contributed by atoms with van der Waals surface area (Å²) in [5.74, 6) is -2.21. The molecule has 0 saturated heterocycles. The second-order valence-electron chi connectivity index (χ2n) is 8.01. The molecule has 0 aliphatic carbocycles. The zero-order valence-corrected chi connectivity index (χ0v) is 18.7. The van der Waals surface area contributed by atoms with E-state index in [-0.39, 0.29) is 28.0 Å². The Bertz CT molecular complexity index is 1470. The molecule has 0 aliphatic rings. The standard InChI is InChI=1S/C26H20F3NO5/c1-14-10-20(15(2)30(14)17-7-5-6-16(11-17)26(27,28)29)23(32)13-35-25(34)21-12-22(31)18-8-3-4-9-19(18)24(21)33/h3-12,31,33H,13H2,1-2H3. The van der Waals surface area contributed by atoms with Crippen LogP contribution in [-0.4, -0.2) is 33.1 Å². The van der Waals surface area contributed by atoms with Crippen molar-refractivity contribution in [2.75, 3.05) is 6.61 Å². The molecule has 4 aromatic rings. The summed E-state index contributed by atoms with van der Waals surface area (Å²) >= 11 is 0. The number of hydrogen-bond acceptors (Lipinski definition) is 5. The fourth-order valence-electron chi connectivity index (χ4n) is 4.05. The quantitative estimate of drug-likeness (QED) is 0.215. The fourth-order valence-corrected chi connectivity index (χ4v) is 4.05. The van der Waals surface area contributed by atoms with Gasteiger partial charge >= 0.3 is 12.1 Å². The first-order valence-corrected chi connectivity index (χ1v) is 10.5. The predicted molar refractivity (Wildman–Crippen MR) is 122 cm³/mol. The SMILES string of the molecule is Cc1cc(C(=O)COC(=O)c2cc(O)c3ccccc3c2O)c(C)n1-c1cccc(C(F)(F)F)c1. The topological polar surface area (TPSA) is 88.8 Å². The molecule has 180 valence electrons. The largest absolute Gasteiger partial charge is 0.507 e. The third-order valence-corrected chi connectivity index (χ3v) is 5.71. The number of ketones is 1. The molecule has 1 heterocycles. The van der Waals surface area contributed by atoms with E-state index in [0.29, 0.717) is 16.8 Å². The maximum absolute atomic E-state index is 13.1. The van der Waals surface area contributed by atoms with Crippen LogP contribution in [0.3, 0.4) is 0 Å². The minimum absolute atomic E-state index is 0.179. The van der Waals surface area contributed by atoms with E-state index < -0.39 is 35.8 Å². The van der Waals surface area contributed by atoms with Crippen molar-refractivity contribution in [2.45, 2.75) is 20.0 Å². The van der Waals surface area contributed by atoms with Crippen molar-refractivity contribution in [1.29, 1.82) is 0 Å². The van der Waals surface area contributed by atoms with Crippen LogP contribution in [0.4, 0.5) is 13.2 Å². The van der Waals surface area contributed by atoms with E-state index in [1.807, 2.05) is 0 Å². The Morgan fingerprint density at radius 2 is 1.60 bits per heavy atom. The van der Waals surface area contributed by atoms with Gasteiger partial charge in [0.2, 0.25) is 5.78 Å². The molecule has 0 amide bonds. The van der Waals surface area contributed by atoms with Crippen molar-refractivity contribution >= 4 is 22.5 Å². The number of aryl methyl sites for hydroxylation is 1. The number of phenols is 2. The molecule has 6 nitrogen and oxygen atoms in total. The molecule has 0 spiro atoms. The smallest absolute Gasteiger partial charge is 0.416 e. The number of carbonyl (C=O) groups excluding carboxylic acids is 2. The number of halogens is 3. The van der Waals surface area contributed by atoms with Crippen molar-refractivity contribution in [3.63, 3.8) is 0 Å². The number of nitrogens with zero attached hydrogens (tertiary/aromatic N) is 1. The maximum atomic E-state index is 13.1. The Kier molecular flexibility index (Phi) is 6.02. The van der Waals surface area contributed by atoms with Gasteiger partial charge in [-0.05, 0) is 44.2 Å². The van der Waals surface area contributed by atoms with Gasteiger partial charge in [-0.25, -0.2) is 4.79 Å². The molecule has 0 fully saturated rings. The van der Waals surface area contributed by atoms with Crippen LogP contribution in [0.2, 0.25) is 0 Å². The molecular formula is C26H20F3NO5. The van der Waals surface area contributed by atoms with E-state index in [1.54, 1.807) is 32.0 Å². The van der Waals surface area contributed by atoms with E-state index in [9.17, 15) is 33.0 Å². The van der Waals surface area contributed by atoms with Crippen molar-refractivity contribution in [3.8, 4) is 17.2 Å². The second-order valence-corrected chi connectivity index (χ2v) is 8.01. The number of aromatic hydroxyl groups is 2. The van der Waals surface area contributed by atoms with Gasteiger partial charge in [-0.2, -0.15) is 13.2 Å². The molecule has 2 N–H and O–H groups in total.